The molecular formula is C21H25F6N3O. The molecule has 1 fully saturated rings. The molecule has 0 radical (unpaired) electrons. The van der Waals surface area contributed by atoms with Crippen LogP contribution in [0.3, 0.4) is 0 Å². The van der Waals surface area contributed by atoms with Crippen molar-refractivity contribution >= 4 is 10.9 Å². The number of rotatable bonds is 6. The van der Waals surface area contributed by atoms with E-state index in [1.54, 1.807) is 0 Å². The van der Waals surface area contributed by atoms with Crippen molar-refractivity contribution in [3.63, 3.8) is 0 Å². The summed E-state index contributed by atoms with van der Waals surface area (Å²) in [5.41, 5.74) is -3.76. The average Bonchev–Trinajstić information content (AvgIpc) is 2.71. The minimum Gasteiger partial charge on any atom is -0.387 e. The van der Waals surface area contributed by atoms with E-state index in [2.05, 4.69) is 22.1 Å². The van der Waals surface area contributed by atoms with Gasteiger partial charge in [0.15, 0.2) is 0 Å². The zero-order valence-electron chi connectivity index (χ0n) is 17.0. The van der Waals surface area contributed by atoms with Gasteiger partial charge in [-0.15, -0.1) is 0 Å². The van der Waals surface area contributed by atoms with Gasteiger partial charge >= 0.3 is 12.4 Å². The second-order valence-electron chi connectivity index (χ2n) is 7.85. The maximum Gasteiger partial charge on any atom is 0.433 e. The van der Waals surface area contributed by atoms with Gasteiger partial charge in [-0.05, 0) is 62.6 Å². The lowest BCUT2D eigenvalue weighted by molar-refractivity contribution is -0.142. The SMILES string of the molecule is CCN1CCC(CNCC(O)c2cc(C(F)(F)F)nc3c(C(F)(F)F)cccc23)CC1. The van der Waals surface area contributed by atoms with Gasteiger partial charge in [-0.2, -0.15) is 26.3 Å². The Hall–Kier alpha value is -1.91. The lowest BCUT2D eigenvalue weighted by atomic mass is 9.96. The van der Waals surface area contributed by atoms with Crippen molar-refractivity contribution in [1.29, 1.82) is 0 Å². The van der Waals surface area contributed by atoms with Crippen molar-refractivity contribution in [2.45, 2.75) is 38.2 Å². The molecule has 0 aliphatic carbocycles. The summed E-state index contributed by atoms with van der Waals surface area (Å²) < 4.78 is 79.9. The molecule has 0 amide bonds. The van der Waals surface area contributed by atoms with Crippen LogP contribution in [-0.2, 0) is 12.4 Å². The number of aliphatic hydroxyl groups is 1. The lowest BCUT2D eigenvalue weighted by Crippen LogP contribution is -2.37. The van der Waals surface area contributed by atoms with Gasteiger partial charge in [0, 0.05) is 11.9 Å². The largest absolute Gasteiger partial charge is 0.433 e. The predicted octanol–water partition coefficient (Wildman–Crippen LogP) is 4.63. The monoisotopic (exact) mass is 449 g/mol. The van der Waals surface area contributed by atoms with Crippen molar-refractivity contribution in [1.82, 2.24) is 15.2 Å². The predicted molar refractivity (Wildman–Crippen MR) is 104 cm³/mol. The highest BCUT2D eigenvalue weighted by Crippen LogP contribution is 2.38. The highest BCUT2D eigenvalue weighted by Gasteiger charge is 2.38. The number of fused-ring (bicyclic) bond motifs is 1. The fourth-order valence-electron chi connectivity index (χ4n) is 3.97. The molecule has 0 spiro atoms. The number of halogens is 6. The summed E-state index contributed by atoms with van der Waals surface area (Å²) in [4.78, 5) is 5.57. The molecule has 1 saturated heterocycles. The van der Waals surface area contributed by atoms with Gasteiger partial charge in [0.1, 0.15) is 5.69 Å². The van der Waals surface area contributed by atoms with Crippen LogP contribution in [0.15, 0.2) is 24.3 Å². The normalized spacial score (nSPS) is 17.9. The molecule has 0 bridgehead atoms. The van der Waals surface area contributed by atoms with Gasteiger partial charge in [-0.3, -0.25) is 0 Å². The fraction of sp³-hybridized carbons (Fsp3) is 0.571. The topological polar surface area (TPSA) is 48.4 Å². The summed E-state index contributed by atoms with van der Waals surface area (Å²) in [5.74, 6) is 0.381. The van der Waals surface area contributed by atoms with E-state index in [1.807, 2.05) is 0 Å². The molecule has 31 heavy (non-hydrogen) atoms. The minimum atomic E-state index is -4.94. The first kappa shape index (κ1) is 23.7. The molecule has 2 N–H and O–H groups in total. The first-order chi connectivity index (χ1) is 14.5. The van der Waals surface area contributed by atoms with Crippen LogP contribution in [0.1, 0.15) is 42.7 Å². The third-order valence-corrected chi connectivity index (χ3v) is 5.75. The summed E-state index contributed by atoms with van der Waals surface area (Å²) in [6, 6.07) is 3.67. The third kappa shape index (κ3) is 5.67. The number of pyridine rings is 1. The van der Waals surface area contributed by atoms with Crippen molar-refractivity contribution in [2.75, 3.05) is 32.7 Å². The molecule has 4 nitrogen and oxygen atoms in total. The number of benzene rings is 1. The molecule has 3 rings (SSSR count). The number of alkyl halides is 6. The zero-order chi connectivity index (χ0) is 22.8. The Kier molecular flexibility index (Phi) is 7.12. The standard InChI is InChI=1S/C21H25F6N3O/c1-2-30-8-6-13(7-9-30)11-28-12-17(31)15-10-18(21(25,26)27)29-19-14(15)4-3-5-16(19)20(22,23)24/h3-5,10,13,17,28,31H,2,6-9,11-12H2,1H3. The Labute approximate surface area is 176 Å². The number of nitrogens with one attached hydrogen (secondary N) is 1. The Morgan fingerprint density at radius 2 is 1.81 bits per heavy atom. The summed E-state index contributed by atoms with van der Waals surface area (Å²) >= 11 is 0. The molecule has 2 aromatic rings. The Balaban J connectivity index is 1.83. The van der Waals surface area contributed by atoms with Crippen LogP contribution in [-0.4, -0.2) is 47.7 Å². The number of nitrogens with zero attached hydrogens (tertiary/aromatic N) is 2. The molecule has 1 unspecified atom stereocenters. The molecule has 1 aliphatic rings. The molecule has 0 saturated carbocycles. The second kappa shape index (κ2) is 9.30. The molecule has 1 aliphatic heterocycles. The summed E-state index contributed by atoms with van der Waals surface area (Å²) in [7, 11) is 0. The molecule has 2 heterocycles. The fourth-order valence-corrected chi connectivity index (χ4v) is 3.97. The first-order valence-corrected chi connectivity index (χ1v) is 10.2. The highest BCUT2D eigenvalue weighted by atomic mass is 19.4. The van der Waals surface area contributed by atoms with E-state index in [4.69, 9.17) is 0 Å². The quantitative estimate of drug-likeness (QED) is 0.632. The van der Waals surface area contributed by atoms with Crippen LogP contribution < -0.4 is 5.32 Å². The number of piperidine rings is 1. The maximum absolute atomic E-state index is 13.3. The number of aromatic nitrogens is 1. The molecule has 1 aromatic heterocycles. The van der Waals surface area contributed by atoms with E-state index in [9.17, 15) is 31.4 Å². The smallest absolute Gasteiger partial charge is 0.387 e. The first-order valence-electron chi connectivity index (χ1n) is 10.2. The van der Waals surface area contributed by atoms with Crippen LogP contribution in [0.5, 0.6) is 0 Å². The van der Waals surface area contributed by atoms with Crippen molar-refractivity contribution < 1.29 is 31.4 Å². The van der Waals surface area contributed by atoms with Crippen LogP contribution >= 0.6 is 0 Å². The second-order valence-corrected chi connectivity index (χ2v) is 7.85. The van der Waals surface area contributed by atoms with Crippen molar-refractivity contribution in [3.8, 4) is 0 Å². The van der Waals surface area contributed by atoms with E-state index in [1.165, 1.54) is 6.07 Å². The molecular weight excluding hydrogens is 424 g/mol. The van der Waals surface area contributed by atoms with Crippen molar-refractivity contribution in [3.05, 3.63) is 41.1 Å². The zero-order valence-corrected chi connectivity index (χ0v) is 17.0. The van der Waals surface area contributed by atoms with Gasteiger partial charge in [0.2, 0.25) is 0 Å². The van der Waals surface area contributed by atoms with Gasteiger partial charge in [-0.25, -0.2) is 4.98 Å². The maximum atomic E-state index is 13.3. The number of aliphatic hydroxyl groups excluding tert-OH is 1. The number of para-hydroxylation sites is 1. The van der Waals surface area contributed by atoms with Crippen LogP contribution in [0.2, 0.25) is 0 Å². The number of hydrogen-bond donors (Lipinski definition) is 2. The molecule has 1 aromatic carbocycles. The van der Waals surface area contributed by atoms with E-state index in [-0.39, 0.29) is 17.5 Å². The van der Waals surface area contributed by atoms with Gasteiger partial charge in [0.25, 0.3) is 0 Å². The molecule has 172 valence electrons. The molecule has 1 atom stereocenters. The van der Waals surface area contributed by atoms with Crippen LogP contribution in [0.4, 0.5) is 26.3 Å². The van der Waals surface area contributed by atoms with E-state index in [0.717, 1.165) is 38.5 Å². The van der Waals surface area contributed by atoms with E-state index < -0.39 is 35.2 Å². The number of hydrogen-bond acceptors (Lipinski definition) is 4. The highest BCUT2D eigenvalue weighted by molar-refractivity contribution is 5.86. The Morgan fingerprint density at radius 3 is 2.39 bits per heavy atom. The summed E-state index contributed by atoms with van der Waals surface area (Å²) in [6.07, 6.45) is -9.28. The summed E-state index contributed by atoms with van der Waals surface area (Å²) in [6.45, 7) is 5.52. The van der Waals surface area contributed by atoms with Gasteiger partial charge in [0.05, 0.1) is 17.2 Å². The van der Waals surface area contributed by atoms with E-state index >= 15 is 0 Å². The van der Waals surface area contributed by atoms with Crippen LogP contribution in [0.25, 0.3) is 10.9 Å². The Morgan fingerprint density at radius 1 is 1.13 bits per heavy atom. The summed E-state index contributed by atoms with van der Waals surface area (Å²) in [5, 5.41) is 13.5. The average molecular weight is 449 g/mol. The Bertz CT molecular complexity index is 891. The molecule has 10 heteroatoms. The minimum absolute atomic E-state index is 0.0688. The third-order valence-electron chi connectivity index (χ3n) is 5.75. The number of likely N-dealkylation sites (tertiary alicyclic amines) is 1. The van der Waals surface area contributed by atoms with Crippen molar-refractivity contribution in [2.24, 2.45) is 5.92 Å². The van der Waals surface area contributed by atoms with Gasteiger partial charge < -0.3 is 15.3 Å². The van der Waals surface area contributed by atoms with Gasteiger partial charge in [-0.1, -0.05) is 19.1 Å². The van der Waals surface area contributed by atoms with E-state index in [0.29, 0.717) is 24.6 Å². The lowest BCUT2D eigenvalue weighted by Gasteiger charge is -2.31. The van der Waals surface area contributed by atoms with Crippen LogP contribution in [0, 0.1) is 5.92 Å².